The molecule has 1 aromatic carbocycles. The molecule has 0 N–H and O–H groups in total. The predicted molar refractivity (Wildman–Crippen MR) is 85.9 cm³/mol. The monoisotopic (exact) mass is 407 g/mol. The van der Waals surface area contributed by atoms with Crippen molar-refractivity contribution < 1.29 is 4.79 Å². The Bertz CT molecular complexity index is 467. The summed E-state index contributed by atoms with van der Waals surface area (Å²) in [6.45, 7) is 0.801. The molecular formula is C14H16Br2ClNO. The van der Waals surface area contributed by atoms with Crippen molar-refractivity contribution in [2.24, 2.45) is 0 Å². The Balaban J connectivity index is 2.27. The van der Waals surface area contributed by atoms with Gasteiger partial charge in [-0.2, -0.15) is 0 Å². The molecule has 1 unspecified atom stereocenters. The molecule has 2 rings (SSSR count). The van der Waals surface area contributed by atoms with Crippen LogP contribution in [0.1, 0.15) is 36.0 Å². The van der Waals surface area contributed by atoms with E-state index in [2.05, 4.69) is 31.9 Å². The molecule has 1 aliphatic heterocycles. The van der Waals surface area contributed by atoms with Gasteiger partial charge in [0, 0.05) is 27.4 Å². The van der Waals surface area contributed by atoms with Crippen molar-refractivity contribution in [3.63, 3.8) is 0 Å². The number of nitrogens with zero attached hydrogens (tertiary/aromatic N) is 1. The lowest BCUT2D eigenvalue weighted by atomic mass is 10.1. The first kappa shape index (κ1) is 15.3. The maximum atomic E-state index is 12.7. The molecule has 2 nitrogen and oxygen atoms in total. The largest absolute Gasteiger partial charge is 0.334 e. The molecule has 1 heterocycles. The van der Waals surface area contributed by atoms with Crippen LogP contribution in [0.25, 0.3) is 0 Å². The van der Waals surface area contributed by atoms with E-state index >= 15 is 0 Å². The summed E-state index contributed by atoms with van der Waals surface area (Å²) in [5.74, 6) is 0.581. The van der Waals surface area contributed by atoms with Crippen molar-refractivity contribution in [1.29, 1.82) is 0 Å². The van der Waals surface area contributed by atoms with Gasteiger partial charge in [-0.1, -0.05) is 28.8 Å². The standard InChI is InChI=1S/C14H16Br2ClNO/c15-10-5-6-13(16)12(8-10)14(19)18-7-3-1-2-4-11(18)9-17/h5-6,8,11H,1-4,7,9H2. The minimum absolute atomic E-state index is 0.0701. The third kappa shape index (κ3) is 3.73. The summed E-state index contributed by atoms with van der Waals surface area (Å²) >= 11 is 12.9. The number of likely N-dealkylation sites (tertiary alicyclic amines) is 1. The summed E-state index contributed by atoms with van der Waals surface area (Å²) < 4.78 is 1.74. The lowest BCUT2D eigenvalue weighted by Gasteiger charge is -2.29. The molecule has 0 aromatic heterocycles. The lowest BCUT2D eigenvalue weighted by molar-refractivity contribution is 0.0699. The van der Waals surface area contributed by atoms with Gasteiger partial charge in [0.25, 0.3) is 5.91 Å². The van der Waals surface area contributed by atoms with E-state index in [4.69, 9.17) is 11.6 Å². The molecule has 1 fully saturated rings. The number of benzene rings is 1. The lowest BCUT2D eigenvalue weighted by Crippen LogP contribution is -2.41. The molecule has 104 valence electrons. The first-order valence-corrected chi connectivity index (χ1v) is 8.57. The maximum absolute atomic E-state index is 12.7. The van der Waals surface area contributed by atoms with E-state index in [0.717, 1.165) is 34.8 Å². The smallest absolute Gasteiger partial charge is 0.255 e. The van der Waals surface area contributed by atoms with E-state index in [0.29, 0.717) is 11.4 Å². The summed E-state index contributed by atoms with van der Waals surface area (Å²) in [5.41, 5.74) is 0.700. The number of carbonyl (C=O) groups excluding carboxylic acids is 1. The Hall–Kier alpha value is -0.0600. The highest BCUT2D eigenvalue weighted by Gasteiger charge is 2.26. The number of alkyl halides is 1. The highest BCUT2D eigenvalue weighted by atomic mass is 79.9. The van der Waals surface area contributed by atoms with E-state index in [1.807, 2.05) is 23.1 Å². The second-order valence-electron chi connectivity index (χ2n) is 4.78. The van der Waals surface area contributed by atoms with Crippen LogP contribution in [-0.2, 0) is 0 Å². The van der Waals surface area contributed by atoms with Crippen LogP contribution in [0.3, 0.4) is 0 Å². The van der Waals surface area contributed by atoms with E-state index in [1.165, 1.54) is 6.42 Å². The van der Waals surface area contributed by atoms with Crippen molar-refractivity contribution in [1.82, 2.24) is 4.90 Å². The topological polar surface area (TPSA) is 20.3 Å². The van der Waals surface area contributed by atoms with E-state index in [1.54, 1.807) is 0 Å². The van der Waals surface area contributed by atoms with Gasteiger partial charge in [0.2, 0.25) is 0 Å². The first-order valence-electron chi connectivity index (χ1n) is 6.45. The summed E-state index contributed by atoms with van der Waals surface area (Å²) in [6, 6.07) is 5.83. The van der Waals surface area contributed by atoms with Crippen molar-refractivity contribution in [2.45, 2.75) is 31.7 Å². The van der Waals surface area contributed by atoms with Crippen LogP contribution in [0.5, 0.6) is 0 Å². The zero-order valence-electron chi connectivity index (χ0n) is 10.5. The third-order valence-corrected chi connectivity index (χ3v) is 5.02. The van der Waals surface area contributed by atoms with Gasteiger partial charge < -0.3 is 4.90 Å². The second-order valence-corrected chi connectivity index (χ2v) is 6.86. The Kier molecular flexibility index (Phi) is 5.72. The van der Waals surface area contributed by atoms with Crippen LogP contribution in [0.2, 0.25) is 0 Å². The Morgan fingerprint density at radius 1 is 1.32 bits per heavy atom. The van der Waals surface area contributed by atoms with Gasteiger partial charge in [-0.3, -0.25) is 4.79 Å². The number of halogens is 3. The molecule has 19 heavy (non-hydrogen) atoms. The van der Waals surface area contributed by atoms with Gasteiger partial charge in [0.05, 0.1) is 5.56 Å². The number of amides is 1. The average Bonchev–Trinajstić information content (AvgIpc) is 2.65. The fourth-order valence-electron chi connectivity index (χ4n) is 2.42. The molecule has 0 spiro atoms. The summed E-state index contributed by atoms with van der Waals surface area (Å²) in [4.78, 5) is 14.6. The molecule has 5 heteroatoms. The van der Waals surface area contributed by atoms with Crippen LogP contribution >= 0.6 is 43.5 Å². The quantitative estimate of drug-likeness (QED) is 0.641. The van der Waals surface area contributed by atoms with Gasteiger partial charge >= 0.3 is 0 Å². The van der Waals surface area contributed by atoms with Crippen LogP contribution in [-0.4, -0.2) is 29.3 Å². The number of hydrogen-bond donors (Lipinski definition) is 0. The van der Waals surface area contributed by atoms with E-state index < -0.39 is 0 Å². The van der Waals surface area contributed by atoms with Gasteiger partial charge in [-0.15, -0.1) is 11.6 Å². The number of hydrogen-bond acceptors (Lipinski definition) is 1. The minimum Gasteiger partial charge on any atom is -0.334 e. The Labute approximate surface area is 135 Å². The Morgan fingerprint density at radius 3 is 2.84 bits per heavy atom. The SMILES string of the molecule is O=C(c1cc(Br)ccc1Br)N1CCCCCC1CCl. The van der Waals surface area contributed by atoms with Crippen molar-refractivity contribution in [3.8, 4) is 0 Å². The van der Waals surface area contributed by atoms with Gasteiger partial charge in [0.15, 0.2) is 0 Å². The maximum Gasteiger partial charge on any atom is 0.255 e. The van der Waals surface area contributed by atoms with Crippen molar-refractivity contribution in [3.05, 3.63) is 32.7 Å². The molecule has 0 saturated carbocycles. The molecule has 0 radical (unpaired) electrons. The van der Waals surface area contributed by atoms with Crippen molar-refractivity contribution >= 4 is 49.4 Å². The van der Waals surface area contributed by atoms with E-state index in [-0.39, 0.29) is 11.9 Å². The number of rotatable bonds is 2. The van der Waals surface area contributed by atoms with Crippen LogP contribution in [0.15, 0.2) is 27.1 Å². The Morgan fingerprint density at radius 2 is 2.11 bits per heavy atom. The molecular weight excluding hydrogens is 393 g/mol. The molecule has 1 amide bonds. The third-order valence-electron chi connectivity index (χ3n) is 3.47. The van der Waals surface area contributed by atoms with Gasteiger partial charge in [0.1, 0.15) is 0 Å². The average molecular weight is 410 g/mol. The van der Waals surface area contributed by atoms with E-state index in [9.17, 15) is 4.79 Å². The first-order chi connectivity index (χ1) is 9.13. The van der Waals surface area contributed by atoms with Gasteiger partial charge in [-0.05, 0) is 47.0 Å². The fraction of sp³-hybridized carbons (Fsp3) is 0.500. The molecule has 0 bridgehead atoms. The molecule has 1 aromatic rings. The van der Waals surface area contributed by atoms with Crippen LogP contribution in [0, 0.1) is 0 Å². The highest BCUT2D eigenvalue weighted by Crippen LogP contribution is 2.26. The predicted octanol–water partition coefficient (Wildman–Crippen LogP) is 4.84. The zero-order valence-corrected chi connectivity index (χ0v) is 14.5. The molecule has 1 atom stereocenters. The molecule has 1 aliphatic rings. The van der Waals surface area contributed by atoms with Crippen molar-refractivity contribution in [2.75, 3.05) is 12.4 Å². The second kappa shape index (κ2) is 7.09. The zero-order chi connectivity index (χ0) is 13.8. The molecule has 1 saturated heterocycles. The summed E-state index contributed by atoms with van der Waals surface area (Å²) in [7, 11) is 0. The van der Waals surface area contributed by atoms with Gasteiger partial charge in [-0.25, -0.2) is 0 Å². The molecule has 0 aliphatic carbocycles. The minimum atomic E-state index is 0.0701. The summed E-state index contributed by atoms with van der Waals surface area (Å²) in [6.07, 6.45) is 4.39. The fourth-order valence-corrected chi connectivity index (χ4v) is 3.52. The number of carbonyl (C=O) groups is 1. The summed E-state index contributed by atoms with van der Waals surface area (Å²) in [5, 5.41) is 0. The van der Waals surface area contributed by atoms with Crippen LogP contribution in [0.4, 0.5) is 0 Å². The van der Waals surface area contributed by atoms with Crippen LogP contribution < -0.4 is 0 Å². The normalized spacial score (nSPS) is 20.2. The highest BCUT2D eigenvalue weighted by molar-refractivity contribution is 9.11.